The molecule has 0 saturated heterocycles. The molecule has 0 aromatic heterocycles. The first-order valence-corrected chi connectivity index (χ1v) is 4.62. The van der Waals surface area contributed by atoms with Crippen LogP contribution in [0.4, 0.5) is 0 Å². The van der Waals surface area contributed by atoms with Crippen molar-refractivity contribution in [1.29, 1.82) is 0 Å². The number of carboxylic acids is 1. The number of nitrogens with one attached hydrogen (secondary N) is 1. The molecule has 11 heavy (non-hydrogen) atoms. The molecule has 0 spiro atoms. The van der Waals surface area contributed by atoms with Crippen LogP contribution in [0.1, 0.15) is 13.3 Å². The van der Waals surface area contributed by atoms with Gasteiger partial charge >= 0.3 is 5.97 Å². The molecule has 0 unspecified atom stereocenters. The van der Waals surface area contributed by atoms with Crippen molar-refractivity contribution in [1.82, 2.24) is 5.32 Å². The Morgan fingerprint density at radius 3 is 2.45 bits per heavy atom. The van der Waals surface area contributed by atoms with E-state index in [1.165, 1.54) is 6.92 Å². The topological polar surface area (TPSA) is 66.4 Å². The van der Waals surface area contributed by atoms with Crippen LogP contribution in [0, 0.1) is 0 Å². The molecular weight excluding hydrogens is 261 g/mol. The zero-order valence-corrected chi connectivity index (χ0v) is 8.29. The number of carbonyl (C=O) groups is 2. The molecule has 0 amide bonds. The molecule has 0 bridgehead atoms. The van der Waals surface area contributed by atoms with E-state index < -0.39 is 12.0 Å². The predicted molar refractivity (Wildman–Crippen MR) is 48.7 cm³/mol. The highest BCUT2D eigenvalue weighted by Gasteiger charge is 2.15. The molecule has 2 N–H and O–H groups in total. The van der Waals surface area contributed by atoms with Gasteiger partial charge in [-0.05, 0) is 6.92 Å². The number of rotatable bonds is 5. The van der Waals surface area contributed by atoms with Crippen LogP contribution in [-0.4, -0.2) is 27.5 Å². The van der Waals surface area contributed by atoms with Gasteiger partial charge in [-0.25, -0.2) is 0 Å². The van der Waals surface area contributed by atoms with Crippen LogP contribution < -0.4 is 5.32 Å². The molecule has 0 rings (SSSR count). The van der Waals surface area contributed by atoms with Crippen LogP contribution in [0.15, 0.2) is 0 Å². The first kappa shape index (κ1) is 10.8. The number of ketones is 1. The maximum absolute atomic E-state index is 10.7. The summed E-state index contributed by atoms with van der Waals surface area (Å²) in [4.78, 5) is 20.9. The molecule has 0 heterocycles. The molecule has 0 aromatic carbocycles. The van der Waals surface area contributed by atoms with E-state index in [1.54, 1.807) is 0 Å². The molecule has 64 valence electrons. The average Bonchev–Trinajstić information content (AvgIpc) is 1.86. The number of Topliss-reactive ketones (excluding diaryl/α,β-unsaturated/α-hetero) is 1. The molecule has 0 aromatic rings. The van der Waals surface area contributed by atoms with Crippen LogP contribution in [0.5, 0.6) is 0 Å². The maximum Gasteiger partial charge on any atom is 0.305 e. The number of hydrogen-bond donors (Lipinski definition) is 2. The number of carbonyl (C=O) groups excluding carboxylic acids is 1. The van der Waals surface area contributed by atoms with Gasteiger partial charge in [-0.3, -0.25) is 14.9 Å². The summed E-state index contributed by atoms with van der Waals surface area (Å²) in [7, 11) is 0. The predicted octanol–water partition coefficient (Wildman–Crippen LogP) is 0.401. The molecule has 0 aliphatic carbocycles. The van der Waals surface area contributed by atoms with Crippen molar-refractivity contribution in [3.63, 3.8) is 0 Å². The fourth-order valence-corrected chi connectivity index (χ4v) is 1.16. The minimum absolute atomic E-state index is 0.135. The highest BCUT2D eigenvalue weighted by molar-refractivity contribution is 14.1. The lowest BCUT2D eigenvalue weighted by Gasteiger charge is -2.10. The van der Waals surface area contributed by atoms with Crippen LogP contribution in [-0.2, 0) is 9.59 Å². The van der Waals surface area contributed by atoms with Gasteiger partial charge < -0.3 is 5.11 Å². The van der Waals surface area contributed by atoms with E-state index >= 15 is 0 Å². The lowest BCUT2D eigenvalue weighted by Crippen LogP contribution is -2.36. The molecule has 0 aliphatic rings. The lowest BCUT2D eigenvalue weighted by atomic mass is 10.1. The van der Waals surface area contributed by atoms with Crippen molar-refractivity contribution >= 4 is 34.3 Å². The monoisotopic (exact) mass is 271 g/mol. The first-order chi connectivity index (χ1) is 5.07. The van der Waals surface area contributed by atoms with Crippen molar-refractivity contribution in [2.45, 2.75) is 19.4 Å². The highest BCUT2D eigenvalue weighted by atomic mass is 127. The van der Waals surface area contributed by atoms with Crippen LogP contribution in [0.3, 0.4) is 0 Å². The number of hydrogen-bond acceptors (Lipinski definition) is 3. The van der Waals surface area contributed by atoms with Gasteiger partial charge in [0.05, 0.1) is 12.5 Å². The third kappa shape index (κ3) is 5.14. The summed E-state index contributed by atoms with van der Waals surface area (Å²) < 4.78 is 0.579. The Labute approximate surface area is 78.5 Å². The fourth-order valence-electron chi connectivity index (χ4n) is 0.627. The largest absolute Gasteiger partial charge is 0.481 e. The Morgan fingerprint density at radius 1 is 1.64 bits per heavy atom. The Bertz CT molecular complexity index is 160. The third-order valence-electron chi connectivity index (χ3n) is 1.19. The van der Waals surface area contributed by atoms with E-state index in [-0.39, 0.29) is 12.2 Å². The van der Waals surface area contributed by atoms with Gasteiger partial charge in [-0.1, -0.05) is 22.6 Å². The van der Waals surface area contributed by atoms with Crippen LogP contribution in [0.2, 0.25) is 0 Å². The van der Waals surface area contributed by atoms with Gasteiger partial charge in [0, 0.05) is 4.55 Å². The maximum atomic E-state index is 10.7. The van der Waals surface area contributed by atoms with Crippen LogP contribution >= 0.6 is 22.6 Å². The fraction of sp³-hybridized carbons (Fsp3) is 0.667. The van der Waals surface area contributed by atoms with E-state index in [9.17, 15) is 9.59 Å². The molecule has 0 fully saturated rings. The quantitative estimate of drug-likeness (QED) is 0.431. The summed E-state index contributed by atoms with van der Waals surface area (Å²) in [5.74, 6) is -1.09. The van der Waals surface area contributed by atoms with Gasteiger partial charge in [-0.2, -0.15) is 0 Å². The standard InChI is InChI=1S/C6H10INO3/c1-4(9)5(8-3-7)2-6(10)11/h5,8H,2-3H2,1H3,(H,10,11)/t5-/m0/s1. The summed E-state index contributed by atoms with van der Waals surface area (Å²) in [6.45, 7) is 1.38. The molecular formula is C6H10INO3. The van der Waals surface area contributed by atoms with Gasteiger partial charge in [0.1, 0.15) is 5.78 Å². The van der Waals surface area contributed by atoms with E-state index in [1.807, 2.05) is 22.6 Å². The van der Waals surface area contributed by atoms with E-state index in [0.717, 1.165) is 0 Å². The van der Waals surface area contributed by atoms with Crippen LogP contribution in [0.25, 0.3) is 0 Å². The minimum Gasteiger partial charge on any atom is -0.481 e. The SMILES string of the molecule is CC(=O)[C@H](CC(=O)O)NCI. The van der Waals surface area contributed by atoms with Gasteiger partial charge in [-0.15, -0.1) is 0 Å². The lowest BCUT2D eigenvalue weighted by molar-refractivity contribution is -0.139. The summed E-state index contributed by atoms with van der Waals surface area (Å²) in [5, 5.41) is 11.1. The van der Waals surface area contributed by atoms with E-state index in [0.29, 0.717) is 4.55 Å². The Morgan fingerprint density at radius 2 is 2.18 bits per heavy atom. The van der Waals surface area contributed by atoms with E-state index in [2.05, 4.69) is 5.32 Å². The second kappa shape index (κ2) is 5.48. The normalized spacial score (nSPS) is 12.5. The summed E-state index contributed by atoms with van der Waals surface area (Å²) >= 11 is 2.03. The van der Waals surface area contributed by atoms with Gasteiger partial charge in [0.25, 0.3) is 0 Å². The molecule has 5 heteroatoms. The van der Waals surface area contributed by atoms with Gasteiger partial charge in [0.2, 0.25) is 0 Å². The minimum atomic E-state index is -0.956. The summed E-state index contributed by atoms with van der Waals surface area (Å²) in [6, 6.07) is -0.538. The number of halogens is 1. The van der Waals surface area contributed by atoms with Crippen molar-refractivity contribution < 1.29 is 14.7 Å². The van der Waals surface area contributed by atoms with Crippen molar-refractivity contribution in [2.75, 3.05) is 4.55 Å². The smallest absolute Gasteiger partial charge is 0.305 e. The van der Waals surface area contributed by atoms with Gasteiger partial charge in [0.15, 0.2) is 0 Å². The number of aliphatic carboxylic acids is 1. The first-order valence-electron chi connectivity index (χ1n) is 3.09. The summed E-state index contributed by atoms with van der Waals surface area (Å²) in [5.41, 5.74) is 0. The third-order valence-corrected chi connectivity index (χ3v) is 1.63. The Kier molecular flexibility index (Phi) is 5.39. The second-order valence-corrected chi connectivity index (χ2v) is 2.86. The second-order valence-electron chi connectivity index (χ2n) is 2.10. The molecule has 4 nitrogen and oxygen atoms in total. The zero-order valence-electron chi connectivity index (χ0n) is 6.13. The Balaban J connectivity index is 3.89. The average molecular weight is 271 g/mol. The van der Waals surface area contributed by atoms with E-state index in [4.69, 9.17) is 5.11 Å². The number of alkyl halides is 1. The van der Waals surface area contributed by atoms with Crippen molar-refractivity contribution in [3.8, 4) is 0 Å². The molecule has 1 atom stereocenters. The summed E-state index contributed by atoms with van der Waals surface area (Å²) in [6.07, 6.45) is -0.141. The molecule has 0 aliphatic heterocycles. The Hall–Kier alpha value is -0.170. The molecule has 0 radical (unpaired) electrons. The van der Waals surface area contributed by atoms with Crippen molar-refractivity contribution in [2.24, 2.45) is 0 Å². The zero-order chi connectivity index (χ0) is 8.85. The van der Waals surface area contributed by atoms with Crippen molar-refractivity contribution in [3.05, 3.63) is 0 Å². The molecule has 0 saturated carbocycles. The highest BCUT2D eigenvalue weighted by Crippen LogP contribution is 1.94. The number of carboxylic acid groups (broad SMARTS) is 1.